The van der Waals surface area contributed by atoms with Crippen LogP contribution in [0.5, 0.6) is 0 Å². The molecule has 0 aromatic carbocycles. The van der Waals surface area contributed by atoms with Gasteiger partial charge in [0.05, 0.1) is 18.9 Å². The zero-order chi connectivity index (χ0) is 14.4. The quantitative estimate of drug-likeness (QED) is 0.787. The molecule has 0 spiro atoms. The predicted molar refractivity (Wildman–Crippen MR) is 76.5 cm³/mol. The van der Waals surface area contributed by atoms with Gasteiger partial charge in [-0.25, -0.2) is 14.4 Å². The largest absolute Gasteiger partial charge is 0.379 e. The first-order chi connectivity index (χ1) is 9.76. The highest BCUT2D eigenvalue weighted by Crippen LogP contribution is 2.18. The number of likely N-dealkylation sites (N-methyl/N-ethyl adjacent to an activating group) is 1. The summed E-state index contributed by atoms with van der Waals surface area (Å²) in [4.78, 5) is 12.4. The van der Waals surface area contributed by atoms with Crippen molar-refractivity contribution in [3.05, 3.63) is 17.8 Å². The van der Waals surface area contributed by atoms with Gasteiger partial charge < -0.3 is 9.64 Å². The molecule has 2 rings (SSSR count). The van der Waals surface area contributed by atoms with E-state index in [0.717, 1.165) is 45.9 Å². The Kier molecular flexibility index (Phi) is 5.67. The van der Waals surface area contributed by atoms with E-state index in [4.69, 9.17) is 4.74 Å². The number of morpholine rings is 1. The fourth-order valence-electron chi connectivity index (χ4n) is 2.36. The molecule has 0 aliphatic carbocycles. The van der Waals surface area contributed by atoms with Crippen LogP contribution in [-0.2, 0) is 11.2 Å². The van der Waals surface area contributed by atoms with Crippen LogP contribution in [0.2, 0.25) is 0 Å². The van der Waals surface area contributed by atoms with Crippen LogP contribution in [0.25, 0.3) is 0 Å². The lowest BCUT2D eigenvalue weighted by molar-refractivity contribution is 0.0391. The van der Waals surface area contributed by atoms with E-state index in [9.17, 15) is 4.39 Å². The Balaban J connectivity index is 2.00. The van der Waals surface area contributed by atoms with Crippen LogP contribution in [0, 0.1) is 5.82 Å². The van der Waals surface area contributed by atoms with Crippen molar-refractivity contribution in [1.29, 1.82) is 0 Å². The van der Waals surface area contributed by atoms with Gasteiger partial charge in [0.15, 0.2) is 11.6 Å². The third-order valence-electron chi connectivity index (χ3n) is 3.65. The van der Waals surface area contributed by atoms with Crippen molar-refractivity contribution in [1.82, 2.24) is 14.9 Å². The van der Waals surface area contributed by atoms with Crippen LogP contribution in [0.15, 0.2) is 6.33 Å². The molecule has 112 valence electrons. The first-order valence-electron chi connectivity index (χ1n) is 7.30. The molecule has 6 heteroatoms. The molecular weight excluding hydrogens is 259 g/mol. The van der Waals surface area contributed by atoms with Crippen LogP contribution in [0.3, 0.4) is 0 Å². The average Bonchev–Trinajstić information content (AvgIpc) is 2.50. The molecule has 0 atom stereocenters. The molecule has 0 N–H and O–H groups in total. The lowest BCUT2D eigenvalue weighted by atomic mass is 10.3. The Labute approximate surface area is 119 Å². The fourth-order valence-corrected chi connectivity index (χ4v) is 2.36. The van der Waals surface area contributed by atoms with Crippen LogP contribution in [0.4, 0.5) is 10.2 Å². The van der Waals surface area contributed by atoms with Gasteiger partial charge in [0.1, 0.15) is 6.33 Å². The highest BCUT2D eigenvalue weighted by atomic mass is 19.1. The van der Waals surface area contributed by atoms with Gasteiger partial charge in [0.25, 0.3) is 0 Å². The molecule has 1 fully saturated rings. The first-order valence-corrected chi connectivity index (χ1v) is 7.30. The lowest BCUT2D eigenvalue weighted by Crippen LogP contribution is -2.42. The van der Waals surface area contributed by atoms with Crippen LogP contribution >= 0.6 is 0 Å². The van der Waals surface area contributed by atoms with Gasteiger partial charge in [-0.15, -0.1) is 0 Å². The molecule has 2 heterocycles. The maximum absolute atomic E-state index is 14.3. The van der Waals surface area contributed by atoms with Gasteiger partial charge in [-0.1, -0.05) is 6.92 Å². The summed E-state index contributed by atoms with van der Waals surface area (Å²) >= 11 is 0. The summed E-state index contributed by atoms with van der Waals surface area (Å²) in [7, 11) is 0. The molecule has 0 bridgehead atoms. The Bertz CT molecular complexity index is 424. The summed E-state index contributed by atoms with van der Waals surface area (Å²) < 4.78 is 19.6. The molecule has 1 aromatic rings. The van der Waals surface area contributed by atoms with E-state index in [0.29, 0.717) is 17.9 Å². The second-order valence-electron chi connectivity index (χ2n) is 4.85. The molecule has 1 aliphatic heterocycles. The third kappa shape index (κ3) is 3.64. The highest BCUT2D eigenvalue weighted by molar-refractivity contribution is 5.40. The fraction of sp³-hybridized carbons (Fsp3) is 0.714. The summed E-state index contributed by atoms with van der Waals surface area (Å²) in [5, 5.41) is 0. The van der Waals surface area contributed by atoms with Crippen LogP contribution < -0.4 is 4.90 Å². The molecule has 20 heavy (non-hydrogen) atoms. The standard InChI is InChI=1S/C14H23FN4O/c1-3-12-13(15)14(17-11-16-12)19(4-2)6-5-18-7-9-20-10-8-18/h11H,3-10H2,1-2H3. The number of anilines is 1. The Morgan fingerprint density at radius 1 is 1.30 bits per heavy atom. The van der Waals surface area contributed by atoms with E-state index in [2.05, 4.69) is 14.9 Å². The smallest absolute Gasteiger partial charge is 0.187 e. The van der Waals surface area contributed by atoms with E-state index < -0.39 is 0 Å². The second-order valence-corrected chi connectivity index (χ2v) is 4.85. The predicted octanol–water partition coefficient (Wildman–Crippen LogP) is 1.34. The molecule has 0 saturated carbocycles. The minimum Gasteiger partial charge on any atom is -0.379 e. The highest BCUT2D eigenvalue weighted by Gasteiger charge is 2.17. The number of hydrogen-bond donors (Lipinski definition) is 0. The summed E-state index contributed by atoms with van der Waals surface area (Å²) in [5.74, 6) is 0.145. The summed E-state index contributed by atoms with van der Waals surface area (Å²) in [5.41, 5.74) is 0.486. The van der Waals surface area contributed by atoms with Crippen molar-refractivity contribution >= 4 is 5.82 Å². The molecule has 5 nitrogen and oxygen atoms in total. The first kappa shape index (κ1) is 15.1. The maximum atomic E-state index is 14.3. The normalized spacial score (nSPS) is 16.4. The van der Waals surface area contributed by atoms with Crippen LogP contribution in [0.1, 0.15) is 19.5 Å². The van der Waals surface area contributed by atoms with E-state index in [-0.39, 0.29) is 5.82 Å². The number of aryl methyl sites for hydroxylation is 1. The molecule has 1 saturated heterocycles. The number of nitrogens with zero attached hydrogens (tertiary/aromatic N) is 4. The topological polar surface area (TPSA) is 41.5 Å². The Morgan fingerprint density at radius 2 is 2.05 bits per heavy atom. The van der Waals surface area contributed by atoms with Crippen molar-refractivity contribution in [3.63, 3.8) is 0 Å². The molecule has 0 amide bonds. The number of aromatic nitrogens is 2. The van der Waals surface area contributed by atoms with Gasteiger partial charge in [-0.2, -0.15) is 0 Å². The second kappa shape index (κ2) is 7.50. The number of rotatable bonds is 6. The maximum Gasteiger partial charge on any atom is 0.187 e. The Hall–Kier alpha value is -1.27. The van der Waals surface area contributed by atoms with E-state index in [1.54, 1.807) is 0 Å². The molecule has 1 aromatic heterocycles. The van der Waals surface area contributed by atoms with Gasteiger partial charge in [-0.3, -0.25) is 4.90 Å². The van der Waals surface area contributed by atoms with Crippen molar-refractivity contribution in [3.8, 4) is 0 Å². The van der Waals surface area contributed by atoms with Gasteiger partial charge >= 0.3 is 0 Å². The minimum atomic E-state index is -0.279. The zero-order valence-electron chi connectivity index (χ0n) is 12.3. The van der Waals surface area contributed by atoms with Gasteiger partial charge in [0.2, 0.25) is 0 Å². The lowest BCUT2D eigenvalue weighted by Gasteiger charge is -2.30. The minimum absolute atomic E-state index is 0.279. The third-order valence-corrected chi connectivity index (χ3v) is 3.65. The Morgan fingerprint density at radius 3 is 2.70 bits per heavy atom. The zero-order valence-corrected chi connectivity index (χ0v) is 12.3. The number of halogens is 1. The summed E-state index contributed by atoms with van der Waals surface area (Å²) in [6.07, 6.45) is 2.04. The van der Waals surface area contributed by atoms with E-state index in [1.807, 2.05) is 18.7 Å². The SMILES string of the molecule is CCc1ncnc(N(CC)CCN2CCOCC2)c1F. The van der Waals surface area contributed by atoms with E-state index >= 15 is 0 Å². The van der Waals surface area contributed by atoms with Gasteiger partial charge in [-0.05, 0) is 13.3 Å². The summed E-state index contributed by atoms with van der Waals surface area (Å²) in [6, 6.07) is 0. The van der Waals surface area contributed by atoms with E-state index in [1.165, 1.54) is 6.33 Å². The van der Waals surface area contributed by atoms with Crippen molar-refractivity contribution in [2.75, 3.05) is 50.8 Å². The summed E-state index contributed by atoms with van der Waals surface area (Å²) in [6.45, 7) is 9.80. The monoisotopic (exact) mass is 282 g/mol. The number of ether oxygens (including phenoxy) is 1. The number of hydrogen-bond acceptors (Lipinski definition) is 5. The van der Waals surface area contributed by atoms with Crippen molar-refractivity contribution in [2.45, 2.75) is 20.3 Å². The van der Waals surface area contributed by atoms with Crippen molar-refractivity contribution < 1.29 is 9.13 Å². The van der Waals surface area contributed by atoms with Crippen molar-refractivity contribution in [2.24, 2.45) is 0 Å². The molecular formula is C14H23FN4O. The van der Waals surface area contributed by atoms with Crippen LogP contribution in [-0.4, -0.2) is 60.8 Å². The average molecular weight is 282 g/mol. The van der Waals surface area contributed by atoms with Gasteiger partial charge in [0, 0.05) is 32.7 Å². The molecule has 0 radical (unpaired) electrons. The molecule has 0 unspecified atom stereocenters. The molecule has 1 aliphatic rings.